The highest BCUT2D eigenvalue weighted by Gasteiger charge is 2.26. The minimum atomic E-state index is -0.528. The third-order valence-electron chi connectivity index (χ3n) is 6.05. The first-order valence-electron chi connectivity index (χ1n) is 13.0. The van der Waals surface area contributed by atoms with Crippen molar-refractivity contribution in [3.05, 3.63) is 88.8 Å². The van der Waals surface area contributed by atoms with Gasteiger partial charge in [-0.15, -0.1) is 0 Å². The van der Waals surface area contributed by atoms with Gasteiger partial charge in [0.1, 0.15) is 29.5 Å². The molecule has 3 aromatic heterocycles. The van der Waals surface area contributed by atoms with Gasteiger partial charge in [0.2, 0.25) is 0 Å². The van der Waals surface area contributed by atoms with Crippen molar-refractivity contribution in [3.63, 3.8) is 0 Å². The van der Waals surface area contributed by atoms with Crippen LogP contribution in [-0.2, 0) is 16.1 Å². The zero-order valence-corrected chi connectivity index (χ0v) is 25.4. The van der Waals surface area contributed by atoms with Crippen molar-refractivity contribution in [3.8, 4) is 45.5 Å². The van der Waals surface area contributed by atoms with E-state index in [0.717, 1.165) is 10.3 Å². The molecule has 5 aromatic rings. The molecule has 0 saturated heterocycles. The molecule has 0 unspecified atom stereocenters. The van der Waals surface area contributed by atoms with Crippen molar-refractivity contribution in [1.82, 2.24) is 24.7 Å². The van der Waals surface area contributed by atoms with E-state index in [2.05, 4.69) is 15.0 Å². The Labute approximate surface area is 261 Å². The number of carbonyl (C=O) groups is 1. The number of imidazole rings is 1. The van der Waals surface area contributed by atoms with Crippen molar-refractivity contribution in [2.24, 2.45) is 0 Å². The van der Waals surface area contributed by atoms with Gasteiger partial charge in [-0.2, -0.15) is 4.73 Å². The van der Waals surface area contributed by atoms with Gasteiger partial charge >= 0.3 is 5.97 Å². The summed E-state index contributed by atoms with van der Waals surface area (Å²) >= 11 is 14.7. The Bertz CT molecular complexity index is 1730. The molecule has 0 saturated carbocycles. The fourth-order valence-corrected chi connectivity index (χ4v) is 5.15. The molecule has 2 aromatic carbocycles. The molecule has 0 fully saturated rings. The van der Waals surface area contributed by atoms with Crippen LogP contribution in [0.3, 0.4) is 0 Å². The molecule has 5 rings (SSSR count). The molecule has 0 bridgehead atoms. The van der Waals surface area contributed by atoms with Gasteiger partial charge in [-0.05, 0) is 49.6 Å². The van der Waals surface area contributed by atoms with E-state index < -0.39 is 5.97 Å². The van der Waals surface area contributed by atoms with Crippen molar-refractivity contribution in [2.45, 2.75) is 18.7 Å². The summed E-state index contributed by atoms with van der Waals surface area (Å²) in [6, 6.07) is 15.7. The van der Waals surface area contributed by atoms with Gasteiger partial charge in [-0.1, -0.05) is 53.2 Å². The van der Waals surface area contributed by atoms with Crippen LogP contribution in [0, 0.1) is 0 Å². The first-order chi connectivity index (χ1) is 20.9. The smallest absolute Gasteiger partial charge is 0.344 e. The monoisotopic (exact) mass is 637 g/mol. The lowest BCUT2D eigenvalue weighted by Crippen LogP contribution is -2.14. The van der Waals surface area contributed by atoms with Crippen LogP contribution in [0.5, 0.6) is 11.5 Å². The number of rotatable bonds is 11. The highest BCUT2D eigenvalue weighted by molar-refractivity contribution is 7.98. The molecule has 0 spiro atoms. The summed E-state index contributed by atoms with van der Waals surface area (Å²) in [4.78, 5) is 29.5. The van der Waals surface area contributed by atoms with E-state index in [9.17, 15) is 10.0 Å². The number of esters is 1. The predicted octanol–water partition coefficient (Wildman–Crippen LogP) is 6.86. The van der Waals surface area contributed by atoms with Crippen LogP contribution in [0.15, 0.2) is 78.3 Å². The lowest BCUT2D eigenvalue weighted by Gasteiger charge is -2.12. The molecule has 0 aliphatic heterocycles. The summed E-state index contributed by atoms with van der Waals surface area (Å²) in [5.41, 5.74) is 2.95. The second kappa shape index (κ2) is 13.8. The summed E-state index contributed by atoms with van der Waals surface area (Å²) in [5.74, 6) is 0.368. The molecule has 1 N–H and O–H groups in total. The van der Waals surface area contributed by atoms with Gasteiger partial charge in [0, 0.05) is 29.7 Å². The molecule has 0 aliphatic carbocycles. The van der Waals surface area contributed by atoms with Gasteiger partial charge in [-0.25, -0.2) is 19.7 Å². The SMILES string of the molecule is CCOC(=O)COc1cc(Cl)c(-c2nc(-c3ccnc(SC)n3)c(-c3cccc(OCc4cccnc4)c3)n2O)c(Cl)c1. The first-order valence-corrected chi connectivity index (χ1v) is 14.9. The van der Waals surface area contributed by atoms with Crippen molar-refractivity contribution in [2.75, 3.05) is 19.5 Å². The van der Waals surface area contributed by atoms with E-state index in [4.69, 9.17) is 42.4 Å². The van der Waals surface area contributed by atoms with Gasteiger partial charge in [0.15, 0.2) is 17.6 Å². The quantitative estimate of drug-likeness (QED) is 0.0711. The number of ether oxygens (including phenoxy) is 3. The molecule has 0 atom stereocenters. The van der Waals surface area contributed by atoms with E-state index >= 15 is 0 Å². The summed E-state index contributed by atoms with van der Waals surface area (Å²) in [6.45, 7) is 1.94. The maximum Gasteiger partial charge on any atom is 0.344 e. The average Bonchev–Trinajstić information content (AvgIpc) is 3.36. The molecule has 220 valence electrons. The second-order valence-corrected chi connectivity index (χ2v) is 10.5. The molecule has 3 heterocycles. The van der Waals surface area contributed by atoms with Gasteiger partial charge in [-0.3, -0.25) is 4.98 Å². The number of pyridine rings is 1. The Morgan fingerprint density at radius 3 is 2.53 bits per heavy atom. The van der Waals surface area contributed by atoms with Crippen LogP contribution in [-0.4, -0.2) is 55.3 Å². The highest BCUT2D eigenvalue weighted by Crippen LogP contribution is 2.42. The Balaban J connectivity index is 1.57. The normalized spacial score (nSPS) is 10.9. The third kappa shape index (κ3) is 7.02. The zero-order chi connectivity index (χ0) is 30.3. The lowest BCUT2D eigenvalue weighted by atomic mass is 10.1. The van der Waals surface area contributed by atoms with E-state index in [0.29, 0.717) is 40.2 Å². The summed E-state index contributed by atoms with van der Waals surface area (Å²) in [6.07, 6.45) is 6.92. The number of benzene rings is 2. The Morgan fingerprint density at radius 2 is 1.81 bits per heavy atom. The molecule has 13 heteroatoms. The molecule has 43 heavy (non-hydrogen) atoms. The summed E-state index contributed by atoms with van der Waals surface area (Å²) < 4.78 is 17.3. The summed E-state index contributed by atoms with van der Waals surface area (Å²) in [5, 5.41) is 12.4. The Kier molecular flexibility index (Phi) is 9.65. The number of carbonyl (C=O) groups excluding carboxylic acids is 1. The molecule has 0 amide bonds. The number of hydrogen-bond acceptors (Lipinski definition) is 10. The van der Waals surface area contributed by atoms with Crippen LogP contribution in [0.2, 0.25) is 10.0 Å². The molecule has 0 radical (unpaired) electrons. The second-order valence-electron chi connectivity index (χ2n) is 8.91. The van der Waals surface area contributed by atoms with Crippen molar-refractivity contribution >= 4 is 40.9 Å². The van der Waals surface area contributed by atoms with E-state index in [1.807, 2.05) is 36.6 Å². The lowest BCUT2D eigenvalue weighted by molar-refractivity contribution is -0.145. The van der Waals surface area contributed by atoms with Gasteiger partial charge in [0.05, 0.1) is 27.9 Å². The molecule has 0 aliphatic rings. The predicted molar refractivity (Wildman–Crippen MR) is 164 cm³/mol. The van der Waals surface area contributed by atoms with Crippen LogP contribution < -0.4 is 9.47 Å². The highest BCUT2D eigenvalue weighted by atomic mass is 35.5. The fourth-order valence-electron chi connectivity index (χ4n) is 4.16. The molecular formula is C30H25Cl2N5O5S. The number of halogens is 2. The van der Waals surface area contributed by atoms with E-state index in [1.54, 1.807) is 37.6 Å². The largest absolute Gasteiger partial charge is 0.489 e. The van der Waals surface area contributed by atoms with Gasteiger partial charge < -0.3 is 19.4 Å². The topological polar surface area (TPSA) is 121 Å². The number of nitrogens with zero attached hydrogens (tertiary/aromatic N) is 5. The standard InChI is InChI=1S/C30H25Cl2N5O5S/c1-3-40-25(38)17-42-21-13-22(31)26(23(32)14-21)29-36-27(24-9-11-34-30(35-24)43-2)28(37(29)39)19-7-4-8-20(12-19)41-16-18-6-5-10-33-15-18/h4-15,39H,3,16-17H2,1-2H3. The number of thioether (sulfide) groups is 1. The maximum atomic E-state index is 11.7. The minimum absolute atomic E-state index is 0.0722. The van der Waals surface area contributed by atoms with Gasteiger partial charge in [0.25, 0.3) is 0 Å². The number of hydrogen-bond donors (Lipinski definition) is 1. The van der Waals surface area contributed by atoms with E-state index in [1.165, 1.54) is 23.9 Å². The zero-order valence-electron chi connectivity index (χ0n) is 23.0. The Morgan fingerprint density at radius 1 is 1.00 bits per heavy atom. The van der Waals surface area contributed by atoms with Crippen LogP contribution in [0.4, 0.5) is 0 Å². The number of aromatic nitrogens is 5. The Hall–Kier alpha value is -4.32. The van der Waals surface area contributed by atoms with E-state index in [-0.39, 0.29) is 40.4 Å². The fraction of sp³-hybridized carbons (Fsp3) is 0.167. The van der Waals surface area contributed by atoms with Crippen LogP contribution in [0.25, 0.3) is 34.0 Å². The molecule has 10 nitrogen and oxygen atoms in total. The minimum Gasteiger partial charge on any atom is -0.489 e. The van der Waals surface area contributed by atoms with Crippen LogP contribution in [0.1, 0.15) is 12.5 Å². The average molecular weight is 639 g/mol. The van der Waals surface area contributed by atoms with Crippen LogP contribution >= 0.6 is 35.0 Å². The molecular weight excluding hydrogens is 613 g/mol. The first kappa shape index (κ1) is 30.1. The van der Waals surface area contributed by atoms with Crippen molar-refractivity contribution < 1.29 is 24.2 Å². The third-order valence-corrected chi connectivity index (χ3v) is 7.21. The summed E-state index contributed by atoms with van der Waals surface area (Å²) in [7, 11) is 0. The van der Waals surface area contributed by atoms with Crippen molar-refractivity contribution in [1.29, 1.82) is 0 Å². The maximum absolute atomic E-state index is 11.7.